The van der Waals surface area contributed by atoms with Crippen LogP contribution < -0.4 is 9.54 Å². The Morgan fingerprint density at radius 1 is 0.968 bits per heavy atom. The fourth-order valence-corrected chi connectivity index (χ4v) is 4.09. The van der Waals surface area contributed by atoms with Crippen molar-refractivity contribution >= 4 is 39.2 Å². The Balaban J connectivity index is 1.85. The first-order valence-corrected chi connectivity index (χ1v) is 10.9. The highest BCUT2D eigenvalue weighted by atomic mass is 79.9. The minimum absolute atomic E-state index is 0.316. The first-order valence-electron chi connectivity index (χ1n) is 9.18. The smallest absolute Gasteiger partial charge is 0.211 e. The van der Waals surface area contributed by atoms with Crippen molar-refractivity contribution in [3.8, 4) is 17.0 Å². The largest absolute Gasteiger partial charge is 0.496 e. The fourth-order valence-electron chi connectivity index (χ4n) is 2.86. The summed E-state index contributed by atoms with van der Waals surface area (Å²) in [6.45, 7) is 0. The predicted octanol–water partition coefficient (Wildman–Crippen LogP) is 6.38. The van der Waals surface area contributed by atoms with Gasteiger partial charge in [0, 0.05) is 21.0 Å². The molecule has 0 saturated heterocycles. The number of nitrogens with zero attached hydrogens (tertiary/aromatic N) is 3. The zero-order valence-corrected chi connectivity index (χ0v) is 18.7. The molecule has 31 heavy (non-hydrogen) atoms. The molecule has 0 aliphatic rings. The molecule has 0 unspecified atom stereocenters. The summed E-state index contributed by atoms with van der Waals surface area (Å²) in [6, 6.07) is 17.7. The molecule has 0 fully saturated rings. The van der Waals surface area contributed by atoms with Gasteiger partial charge >= 0.3 is 0 Å². The number of methoxy groups -OCH3 is 1. The van der Waals surface area contributed by atoms with Crippen molar-refractivity contribution in [2.24, 2.45) is 10.1 Å². The SMILES string of the molecule is COc1ccc(Br)cc1C=Nn1c(-c2ccc(F)cc2)csc1=Nc1ccc(F)cc1. The third-order valence-corrected chi connectivity index (χ3v) is 5.69. The van der Waals surface area contributed by atoms with E-state index in [-0.39, 0.29) is 11.6 Å². The van der Waals surface area contributed by atoms with Crippen LogP contribution >= 0.6 is 27.3 Å². The van der Waals surface area contributed by atoms with Crippen LogP contribution in [0.15, 0.2) is 86.7 Å². The van der Waals surface area contributed by atoms with Crippen LogP contribution in [0.4, 0.5) is 14.5 Å². The summed E-state index contributed by atoms with van der Waals surface area (Å²) in [5.41, 5.74) is 2.90. The van der Waals surface area contributed by atoms with Gasteiger partial charge in [0.25, 0.3) is 0 Å². The molecule has 0 saturated carbocycles. The van der Waals surface area contributed by atoms with E-state index in [1.54, 1.807) is 42.3 Å². The molecule has 4 nitrogen and oxygen atoms in total. The molecule has 0 aliphatic carbocycles. The van der Waals surface area contributed by atoms with Gasteiger partial charge in [-0.25, -0.2) is 18.4 Å². The number of benzene rings is 3. The van der Waals surface area contributed by atoms with Gasteiger partial charge in [-0.1, -0.05) is 15.9 Å². The minimum Gasteiger partial charge on any atom is -0.496 e. The van der Waals surface area contributed by atoms with Crippen LogP contribution in [0.5, 0.6) is 5.75 Å². The first kappa shape index (κ1) is 21.1. The van der Waals surface area contributed by atoms with E-state index in [0.29, 0.717) is 16.2 Å². The monoisotopic (exact) mass is 499 g/mol. The molecule has 0 amide bonds. The summed E-state index contributed by atoms with van der Waals surface area (Å²) in [4.78, 5) is 5.18. The van der Waals surface area contributed by atoms with Crippen molar-refractivity contribution in [3.05, 3.63) is 98.6 Å². The summed E-state index contributed by atoms with van der Waals surface area (Å²) < 4.78 is 34.7. The Bertz CT molecular complexity index is 1300. The molecule has 0 bridgehead atoms. The highest BCUT2D eigenvalue weighted by molar-refractivity contribution is 9.10. The molecule has 0 aliphatic heterocycles. The Kier molecular flexibility index (Phi) is 6.39. The predicted molar refractivity (Wildman–Crippen MR) is 123 cm³/mol. The van der Waals surface area contributed by atoms with Crippen molar-refractivity contribution in [2.75, 3.05) is 7.11 Å². The average molecular weight is 500 g/mol. The van der Waals surface area contributed by atoms with Gasteiger partial charge in [0.05, 0.1) is 24.7 Å². The van der Waals surface area contributed by atoms with Crippen molar-refractivity contribution in [3.63, 3.8) is 0 Å². The van der Waals surface area contributed by atoms with Crippen LogP contribution in [0.2, 0.25) is 0 Å². The molecule has 156 valence electrons. The fraction of sp³-hybridized carbons (Fsp3) is 0.0435. The van der Waals surface area contributed by atoms with Crippen LogP contribution in [0, 0.1) is 11.6 Å². The molecule has 0 N–H and O–H groups in total. The van der Waals surface area contributed by atoms with Gasteiger partial charge in [0.1, 0.15) is 17.4 Å². The second-order valence-electron chi connectivity index (χ2n) is 6.44. The van der Waals surface area contributed by atoms with E-state index in [4.69, 9.17) is 4.74 Å². The number of thiazole rings is 1. The Labute approximate surface area is 189 Å². The molecule has 0 spiro atoms. The zero-order valence-electron chi connectivity index (χ0n) is 16.3. The van der Waals surface area contributed by atoms with Gasteiger partial charge in [-0.05, 0) is 66.7 Å². The van der Waals surface area contributed by atoms with E-state index >= 15 is 0 Å². The van der Waals surface area contributed by atoms with Crippen LogP contribution in [-0.4, -0.2) is 18.0 Å². The summed E-state index contributed by atoms with van der Waals surface area (Å²) >= 11 is 4.84. The molecule has 8 heteroatoms. The highest BCUT2D eigenvalue weighted by Gasteiger charge is 2.09. The van der Waals surface area contributed by atoms with E-state index < -0.39 is 0 Å². The highest BCUT2D eigenvalue weighted by Crippen LogP contribution is 2.24. The van der Waals surface area contributed by atoms with Crippen molar-refractivity contribution < 1.29 is 13.5 Å². The summed E-state index contributed by atoms with van der Waals surface area (Å²) in [7, 11) is 1.59. The average Bonchev–Trinajstić information content (AvgIpc) is 3.17. The third-order valence-electron chi connectivity index (χ3n) is 4.38. The molecule has 1 aromatic heterocycles. The lowest BCUT2D eigenvalue weighted by atomic mass is 10.2. The topological polar surface area (TPSA) is 38.9 Å². The van der Waals surface area contributed by atoms with Gasteiger partial charge in [-0.3, -0.25) is 0 Å². The molecule has 1 heterocycles. The van der Waals surface area contributed by atoms with Crippen LogP contribution in [0.3, 0.4) is 0 Å². The molecule has 0 radical (unpaired) electrons. The third kappa shape index (κ3) is 4.98. The maximum absolute atomic E-state index is 13.4. The number of hydrogen-bond donors (Lipinski definition) is 0. The lowest BCUT2D eigenvalue weighted by molar-refractivity contribution is 0.414. The standard InChI is InChI=1S/C23H16BrF2N3OS/c1-30-22-11-4-17(24)12-16(22)13-27-29-21(15-2-5-18(25)6-3-15)14-31-23(29)28-20-9-7-19(26)8-10-20/h2-14H,1H3. The molecular weight excluding hydrogens is 484 g/mol. The van der Waals surface area contributed by atoms with Gasteiger partial charge in [-0.2, -0.15) is 5.10 Å². The van der Waals surface area contributed by atoms with Gasteiger partial charge in [0.15, 0.2) is 0 Å². The van der Waals surface area contributed by atoms with Gasteiger partial charge in [0.2, 0.25) is 4.80 Å². The molecule has 3 aromatic carbocycles. The van der Waals surface area contributed by atoms with Gasteiger partial charge in [-0.15, -0.1) is 11.3 Å². The number of rotatable bonds is 5. The molecular formula is C23H16BrF2N3OS. The summed E-state index contributed by atoms with van der Waals surface area (Å²) in [5.74, 6) is 0.0250. The number of hydrogen-bond acceptors (Lipinski definition) is 4. The van der Waals surface area contributed by atoms with Crippen LogP contribution in [0.1, 0.15) is 5.56 Å². The maximum Gasteiger partial charge on any atom is 0.211 e. The quantitative estimate of drug-likeness (QED) is 0.293. The van der Waals surface area contributed by atoms with E-state index in [1.165, 1.54) is 35.6 Å². The van der Waals surface area contributed by atoms with Crippen LogP contribution in [-0.2, 0) is 0 Å². The Morgan fingerprint density at radius 3 is 2.32 bits per heavy atom. The normalized spacial score (nSPS) is 11.9. The van der Waals surface area contributed by atoms with E-state index in [1.807, 2.05) is 23.6 Å². The number of aromatic nitrogens is 1. The first-order chi connectivity index (χ1) is 15.0. The van der Waals surface area contributed by atoms with Gasteiger partial charge < -0.3 is 4.74 Å². The molecule has 4 rings (SSSR count). The zero-order chi connectivity index (χ0) is 21.8. The lowest BCUT2D eigenvalue weighted by Gasteiger charge is -2.06. The Hall–Kier alpha value is -3.10. The maximum atomic E-state index is 13.4. The minimum atomic E-state index is -0.329. The Morgan fingerprint density at radius 2 is 1.65 bits per heavy atom. The second-order valence-corrected chi connectivity index (χ2v) is 8.19. The summed E-state index contributed by atoms with van der Waals surface area (Å²) in [6.07, 6.45) is 1.67. The molecule has 0 atom stereocenters. The van der Waals surface area contributed by atoms with Crippen molar-refractivity contribution in [2.45, 2.75) is 0 Å². The summed E-state index contributed by atoms with van der Waals surface area (Å²) in [5, 5.41) is 6.53. The van der Waals surface area contributed by atoms with E-state index in [0.717, 1.165) is 21.3 Å². The number of halogens is 3. The van der Waals surface area contributed by atoms with Crippen LogP contribution in [0.25, 0.3) is 11.3 Å². The number of ether oxygens (including phenoxy) is 1. The second kappa shape index (κ2) is 9.36. The van der Waals surface area contributed by atoms with Crippen molar-refractivity contribution in [1.29, 1.82) is 0 Å². The van der Waals surface area contributed by atoms with Crippen molar-refractivity contribution in [1.82, 2.24) is 4.68 Å². The van der Waals surface area contributed by atoms with E-state index in [2.05, 4.69) is 26.0 Å². The lowest BCUT2D eigenvalue weighted by Crippen LogP contribution is -2.11. The van der Waals surface area contributed by atoms with E-state index in [9.17, 15) is 8.78 Å². The molecule has 4 aromatic rings.